The molecule has 3 unspecified atom stereocenters. The van der Waals surface area contributed by atoms with E-state index in [2.05, 4.69) is 31.7 Å². The molecule has 4 rings (SSSR count). The largest absolute Gasteiger partial charge is 0.426 e. The molecule has 194 valence electrons. The predicted octanol–water partition coefficient (Wildman–Crippen LogP) is 4.78. The van der Waals surface area contributed by atoms with Crippen LogP contribution in [-0.4, -0.2) is 22.3 Å². The first-order chi connectivity index (χ1) is 16.8. The fourth-order valence-electron chi connectivity index (χ4n) is 4.28. The van der Waals surface area contributed by atoms with Gasteiger partial charge in [0.05, 0.1) is 24.9 Å². The van der Waals surface area contributed by atoms with E-state index in [1.807, 2.05) is 26.8 Å². The van der Waals surface area contributed by atoms with Gasteiger partial charge < -0.3 is 9.26 Å². The van der Waals surface area contributed by atoms with E-state index in [0.717, 1.165) is 5.56 Å². The van der Waals surface area contributed by atoms with Crippen LogP contribution in [0.2, 0.25) is 0 Å². The van der Waals surface area contributed by atoms with Crippen molar-refractivity contribution in [3.05, 3.63) is 61.2 Å². The van der Waals surface area contributed by atoms with Crippen molar-refractivity contribution in [2.45, 2.75) is 84.2 Å². The Labute approximate surface area is 211 Å². The number of H-pyrrole nitrogens is 1. The van der Waals surface area contributed by atoms with Crippen molar-refractivity contribution in [1.29, 1.82) is 0 Å². The maximum Gasteiger partial charge on any atom is 0.397 e. The molecule has 1 N–H and O–H groups in total. The molecule has 0 bridgehead atoms. The van der Waals surface area contributed by atoms with Crippen molar-refractivity contribution in [3.63, 3.8) is 0 Å². The third-order valence-corrected chi connectivity index (χ3v) is 7.32. The minimum atomic E-state index is -1.76. The summed E-state index contributed by atoms with van der Waals surface area (Å²) in [6, 6.07) is 1.89. The van der Waals surface area contributed by atoms with Gasteiger partial charge in [0.25, 0.3) is 5.56 Å². The summed E-state index contributed by atoms with van der Waals surface area (Å²) in [7, 11) is -1.76. The zero-order chi connectivity index (χ0) is 26.4. The van der Waals surface area contributed by atoms with Crippen LogP contribution in [0, 0.1) is 18.2 Å². The summed E-state index contributed by atoms with van der Waals surface area (Å²) in [5, 5.41) is 0. The molecule has 0 aliphatic carbocycles. The molecule has 1 aromatic heterocycles. The van der Waals surface area contributed by atoms with Gasteiger partial charge in [0.15, 0.2) is 0 Å². The van der Waals surface area contributed by atoms with Gasteiger partial charge in [0, 0.05) is 11.8 Å². The third kappa shape index (κ3) is 5.28. The van der Waals surface area contributed by atoms with Gasteiger partial charge in [-0.3, -0.25) is 23.4 Å². The lowest BCUT2D eigenvalue weighted by Gasteiger charge is -2.33. The van der Waals surface area contributed by atoms with Crippen LogP contribution in [0.1, 0.15) is 82.9 Å². The summed E-state index contributed by atoms with van der Waals surface area (Å²) in [6.07, 6.45) is 6.94. The Morgan fingerprint density at radius 2 is 1.89 bits per heavy atom. The Bertz CT molecular complexity index is 1310. The first-order valence-electron chi connectivity index (χ1n) is 11.9. The topological polar surface area (TPSA) is 91.8 Å². The van der Waals surface area contributed by atoms with E-state index < -0.39 is 26.1 Å². The second-order valence-corrected chi connectivity index (χ2v) is 12.3. The van der Waals surface area contributed by atoms with E-state index in [-0.39, 0.29) is 41.5 Å². The van der Waals surface area contributed by atoms with Crippen LogP contribution in [0.4, 0.5) is 4.39 Å². The molecule has 1 saturated heterocycles. The number of aromatic amines is 1. The Morgan fingerprint density at radius 3 is 2.53 bits per heavy atom. The van der Waals surface area contributed by atoms with Crippen molar-refractivity contribution in [1.82, 2.24) is 9.55 Å². The van der Waals surface area contributed by atoms with E-state index in [1.165, 1.54) is 10.8 Å². The zero-order valence-corrected chi connectivity index (χ0v) is 22.3. The van der Waals surface area contributed by atoms with Crippen molar-refractivity contribution in [2.24, 2.45) is 0 Å². The van der Waals surface area contributed by atoms with Crippen molar-refractivity contribution in [2.75, 3.05) is 6.61 Å². The number of benzene rings is 1. The molecule has 3 heterocycles. The van der Waals surface area contributed by atoms with E-state index in [0.29, 0.717) is 29.7 Å². The van der Waals surface area contributed by atoms with E-state index in [9.17, 15) is 9.59 Å². The summed E-state index contributed by atoms with van der Waals surface area (Å²) in [5.74, 6) is 2.44. The number of nitrogens with zero attached hydrogens (tertiary/aromatic N) is 1. The van der Waals surface area contributed by atoms with E-state index in [1.54, 1.807) is 0 Å². The van der Waals surface area contributed by atoms with Gasteiger partial charge in [-0.25, -0.2) is 9.18 Å². The highest BCUT2D eigenvalue weighted by Crippen LogP contribution is 2.52. The molecule has 3 atom stereocenters. The number of ether oxygens (including phenoxy) is 1. The highest BCUT2D eigenvalue weighted by molar-refractivity contribution is 7.42. The molecule has 36 heavy (non-hydrogen) atoms. The van der Waals surface area contributed by atoms with Crippen LogP contribution in [0.25, 0.3) is 0 Å². The predicted molar refractivity (Wildman–Crippen MR) is 134 cm³/mol. The van der Waals surface area contributed by atoms with Crippen LogP contribution in [0.15, 0.2) is 21.9 Å². The molecule has 0 spiro atoms. The lowest BCUT2D eigenvalue weighted by Crippen LogP contribution is -2.33. The number of aromatic nitrogens is 2. The molecule has 2 aromatic rings. The normalized spacial score (nSPS) is 22.1. The Morgan fingerprint density at radius 1 is 1.19 bits per heavy atom. The van der Waals surface area contributed by atoms with Crippen LogP contribution in [0.5, 0.6) is 5.75 Å². The first-order valence-corrected chi connectivity index (χ1v) is 13.0. The second-order valence-electron chi connectivity index (χ2n) is 11.1. The van der Waals surface area contributed by atoms with Crippen LogP contribution >= 0.6 is 8.60 Å². The molecule has 1 aromatic carbocycles. The minimum absolute atomic E-state index is 0.0512. The standard InChI is InChI=1S/C26H32FN2O6P/c1-8-15-12-29(24(31)28-23(15)30)20-10-9-16(34-20)13-32-36-33-14-17-21(27)18(25(2,3)4)11-19(22(17)35-36)26(5,6)7/h1,11-12,16,20H,9-10,13-14H2,2-7H3,(H,28,30,31). The minimum Gasteiger partial charge on any atom is -0.426 e. The maximum atomic E-state index is 15.4. The van der Waals surface area contributed by atoms with Crippen LogP contribution < -0.4 is 15.8 Å². The van der Waals surface area contributed by atoms with Gasteiger partial charge in [-0.2, -0.15) is 0 Å². The molecule has 0 amide bonds. The van der Waals surface area contributed by atoms with Crippen LogP contribution in [0.3, 0.4) is 0 Å². The highest BCUT2D eigenvalue weighted by Gasteiger charge is 2.36. The highest BCUT2D eigenvalue weighted by atomic mass is 31.2. The Kier molecular flexibility index (Phi) is 7.20. The molecule has 2 aliphatic heterocycles. The fourth-order valence-corrected chi connectivity index (χ4v) is 5.34. The first kappa shape index (κ1) is 26.6. The van der Waals surface area contributed by atoms with Gasteiger partial charge in [-0.1, -0.05) is 47.5 Å². The maximum absolute atomic E-state index is 15.4. The fraction of sp³-hybridized carbons (Fsp3) is 0.538. The summed E-state index contributed by atoms with van der Waals surface area (Å²) in [4.78, 5) is 26.1. The summed E-state index contributed by atoms with van der Waals surface area (Å²) < 4.78 is 40.4. The molecule has 0 saturated carbocycles. The molecular weight excluding hydrogens is 486 g/mol. The number of halogens is 1. The van der Waals surface area contributed by atoms with Gasteiger partial charge >= 0.3 is 14.3 Å². The van der Waals surface area contributed by atoms with E-state index in [4.69, 9.17) is 24.7 Å². The number of hydrogen-bond donors (Lipinski definition) is 1. The summed E-state index contributed by atoms with van der Waals surface area (Å²) in [6.45, 7) is 12.3. The quantitative estimate of drug-likeness (QED) is 0.463. The zero-order valence-electron chi connectivity index (χ0n) is 21.4. The van der Waals surface area contributed by atoms with Gasteiger partial charge in [-0.15, -0.1) is 6.42 Å². The van der Waals surface area contributed by atoms with Gasteiger partial charge in [-0.05, 0) is 35.3 Å². The van der Waals surface area contributed by atoms with Crippen molar-refractivity contribution in [3.8, 4) is 18.1 Å². The molecule has 8 nitrogen and oxygen atoms in total. The molecule has 1 fully saturated rings. The number of rotatable bonds is 4. The van der Waals surface area contributed by atoms with Gasteiger partial charge in [0.1, 0.15) is 23.4 Å². The lowest BCUT2D eigenvalue weighted by atomic mass is 9.78. The SMILES string of the molecule is C#Cc1cn(C2CCC(COP3OCc4c(F)c(C(C)(C)C)cc(C(C)(C)C)c4O3)O2)c(=O)[nH]c1=O. The number of nitrogens with one attached hydrogen (secondary N) is 1. The number of terminal acetylenes is 1. The summed E-state index contributed by atoms with van der Waals surface area (Å²) >= 11 is 0. The molecular formula is C26H32FN2O6P. The summed E-state index contributed by atoms with van der Waals surface area (Å²) in [5.41, 5.74) is 0.156. The average Bonchev–Trinajstić information content (AvgIpc) is 3.25. The second kappa shape index (κ2) is 9.75. The third-order valence-electron chi connectivity index (χ3n) is 6.29. The molecule has 0 radical (unpaired) electrons. The number of hydrogen-bond acceptors (Lipinski definition) is 6. The molecule has 10 heteroatoms. The Balaban J connectivity index is 1.47. The molecule has 2 aliphatic rings. The lowest BCUT2D eigenvalue weighted by molar-refractivity contribution is -0.0230. The average molecular weight is 519 g/mol. The smallest absolute Gasteiger partial charge is 0.397 e. The van der Waals surface area contributed by atoms with Gasteiger partial charge in [0.2, 0.25) is 0 Å². The van der Waals surface area contributed by atoms with Crippen molar-refractivity contribution < 1.29 is 22.7 Å². The monoisotopic (exact) mass is 518 g/mol. The van der Waals surface area contributed by atoms with Crippen LogP contribution in [-0.2, 0) is 31.2 Å². The van der Waals surface area contributed by atoms with Crippen molar-refractivity contribution >= 4 is 8.60 Å². The number of fused-ring (bicyclic) bond motifs is 1. The Hall–Kier alpha value is -2.50. The van der Waals surface area contributed by atoms with E-state index >= 15 is 4.39 Å².